The summed E-state index contributed by atoms with van der Waals surface area (Å²) < 4.78 is 0. The van der Waals surface area contributed by atoms with Crippen LogP contribution in [0, 0.1) is 11.3 Å². The Hall–Kier alpha value is -3.13. The summed E-state index contributed by atoms with van der Waals surface area (Å²) in [5, 5.41) is 11.7. The van der Waals surface area contributed by atoms with Gasteiger partial charge < -0.3 is 10.2 Å². The minimum absolute atomic E-state index is 0.0270. The molecule has 25 heavy (non-hydrogen) atoms. The van der Waals surface area contributed by atoms with E-state index < -0.39 is 0 Å². The molecule has 0 unspecified atom stereocenters. The van der Waals surface area contributed by atoms with Gasteiger partial charge >= 0.3 is 0 Å². The van der Waals surface area contributed by atoms with Crippen LogP contribution < -0.4 is 5.32 Å². The number of carbonyl (C=O) groups excluding carboxylic acids is 2. The normalized spacial score (nSPS) is 13.8. The molecule has 5 heteroatoms. The van der Waals surface area contributed by atoms with Crippen molar-refractivity contribution in [1.29, 1.82) is 5.26 Å². The molecule has 1 heterocycles. The maximum atomic E-state index is 12.6. The number of amides is 2. The van der Waals surface area contributed by atoms with Gasteiger partial charge in [-0.1, -0.05) is 12.1 Å². The van der Waals surface area contributed by atoms with Crippen LogP contribution in [0.25, 0.3) is 0 Å². The van der Waals surface area contributed by atoms with E-state index >= 15 is 0 Å². The standard InChI is InChI=1S/C20H19N3O2/c21-14-15-6-4-9-18(12-15)22-19(24)16-7-5-8-17(13-16)20(25)23-10-2-1-3-11-23/h4-9,12-13H,1-3,10-11H2,(H,22,24). The highest BCUT2D eigenvalue weighted by Crippen LogP contribution is 2.16. The summed E-state index contributed by atoms with van der Waals surface area (Å²) in [4.78, 5) is 26.9. The molecular weight excluding hydrogens is 314 g/mol. The average Bonchev–Trinajstić information content (AvgIpc) is 2.68. The Bertz CT molecular complexity index is 833. The van der Waals surface area contributed by atoms with Crippen LogP contribution in [0.3, 0.4) is 0 Å². The van der Waals surface area contributed by atoms with Crippen molar-refractivity contribution in [2.24, 2.45) is 0 Å². The van der Waals surface area contributed by atoms with Gasteiger partial charge in [0.2, 0.25) is 0 Å². The summed E-state index contributed by atoms with van der Waals surface area (Å²) in [5.74, 6) is -0.329. The molecule has 3 rings (SSSR count). The minimum Gasteiger partial charge on any atom is -0.339 e. The van der Waals surface area contributed by atoms with Crippen LogP contribution in [0.4, 0.5) is 5.69 Å². The van der Waals surface area contributed by atoms with Crippen LogP contribution in [0.2, 0.25) is 0 Å². The Labute approximate surface area is 146 Å². The second-order valence-electron chi connectivity index (χ2n) is 6.08. The average molecular weight is 333 g/mol. The van der Waals surface area contributed by atoms with Gasteiger partial charge in [-0.15, -0.1) is 0 Å². The van der Waals surface area contributed by atoms with Gasteiger partial charge in [-0.2, -0.15) is 5.26 Å². The van der Waals surface area contributed by atoms with Crippen LogP contribution in [0.5, 0.6) is 0 Å². The van der Waals surface area contributed by atoms with Gasteiger partial charge in [-0.25, -0.2) is 0 Å². The smallest absolute Gasteiger partial charge is 0.255 e. The number of carbonyl (C=O) groups is 2. The Morgan fingerprint density at radius 1 is 0.960 bits per heavy atom. The van der Waals surface area contributed by atoms with E-state index in [1.54, 1.807) is 48.5 Å². The fourth-order valence-corrected chi connectivity index (χ4v) is 2.94. The number of hydrogen-bond donors (Lipinski definition) is 1. The molecule has 1 saturated heterocycles. The molecule has 1 N–H and O–H groups in total. The van der Waals surface area contributed by atoms with E-state index in [9.17, 15) is 9.59 Å². The second kappa shape index (κ2) is 7.63. The van der Waals surface area contributed by atoms with Gasteiger partial charge in [0.15, 0.2) is 0 Å². The molecule has 1 fully saturated rings. The maximum Gasteiger partial charge on any atom is 0.255 e. The fourth-order valence-electron chi connectivity index (χ4n) is 2.94. The second-order valence-corrected chi connectivity index (χ2v) is 6.08. The van der Waals surface area contributed by atoms with Crippen molar-refractivity contribution in [3.05, 3.63) is 65.2 Å². The lowest BCUT2D eigenvalue weighted by atomic mass is 10.1. The van der Waals surface area contributed by atoms with Crippen LogP contribution in [-0.2, 0) is 0 Å². The first-order valence-electron chi connectivity index (χ1n) is 8.38. The summed E-state index contributed by atoms with van der Waals surface area (Å²) in [6, 6.07) is 15.5. The van der Waals surface area contributed by atoms with Gasteiger partial charge in [-0.3, -0.25) is 9.59 Å². The number of anilines is 1. The molecular formula is C20H19N3O2. The van der Waals surface area contributed by atoms with Crippen molar-refractivity contribution in [1.82, 2.24) is 4.90 Å². The number of nitrogens with one attached hydrogen (secondary N) is 1. The molecule has 1 aliphatic heterocycles. The highest BCUT2D eigenvalue weighted by atomic mass is 16.2. The first-order chi connectivity index (χ1) is 12.2. The van der Waals surface area contributed by atoms with Gasteiger partial charge in [0, 0.05) is 29.9 Å². The molecule has 0 aliphatic carbocycles. The monoisotopic (exact) mass is 333 g/mol. The van der Waals surface area contributed by atoms with E-state index in [1.165, 1.54) is 0 Å². The number of hydrogen-bond acceptors (Lipinski definition) is 3. The van der Waals surface area contributed by atoms with Crippen LogP contribution >= 0.6 is 0 Å². The van der Waals surface area contributed by atoms with E-state index in [1.807, 2.05) is 11.0 Å². The van der Waals surface area contributed by atoms with Crippen molar-refractivity contribution in [3.63, 3.8) is 0 Å². The Morgan fingerprint density at radius 3 is 2.44 bits per heavy atom. The van der Waals surface area contributed by atoms with E-state index in [0.29, 0.717) is 22.4 Å². The van der Waals surface area contributed by atoms with E-state index in [4.69, 9.17) is 5.26 Å². The number of likely N-dealkylation sites (tertiary alicyclic amines) is 1. The highest BCUT2D eigenvalue weighted by molar-refractivity contribution is 6.06. The summed E-state index contributed by atoms with van der Waals surface area (Å²) in [5.41, 5.74) is 1.98. The highest BCUT2D eigenvalue weighted by Gasteiger charge is 2.19. The summed E-state index contributed by atoms with van der Waals surface area (Å²) >= 11 is 0. The molecule has 0 spiro atoms. The van der Waals surface area contributed by atoms with Crippen molar-refractivity contribution < 1.29 is 9.59 Å². The zero-order valence-electron chi connectivity index (χ0n) is 13.9. The largest absolute Gasteiger partial charge is 0.339 e. The molecule has 0 radical (unpaired) electrons. The Morgan fingerprint density at radius 2 is 1.68 bits per heavy atom. The third-order valence-electron chi connectivity index (χ3n) is 4.26. The topological polar surface area (TPSA) is 73.2 Å². The molecule has 5 nitrogen and oxygen atoms in total. The lowest BCUT2D eigenvalue weighted by Gasteiger charge is -2.26. The van der Waals surface area contributed by atoms with Crippen molar-refractivity contribution >= 4 is 17.5 Å². The van der Waals surface area contributed by atoms with Gasteiger partial charge in [0.1, 0.15) is 0 Å². The Kier molecular flexibility index (Phi) is 5.10. The predicted molar refractivity (Wildman–Crippen MR) is 95.3 cm³/mol. The molecule has 2 amide bonds. The zero-order chi connectivity index (χ0) is 17.6. The van der Waals surface area contributed by atoms with Crippen LogP contribution in [0.1, 0.15) is 45.5 Å². The molecule has 0 atom stereocenters. The molecule has 2 aromatic carbocycles. The van der Waals surface area contributed by atoms with E-state index in [-0.39, 0.29) is 11.8 Å². The summed E-state index contributed by atoms with van der Waals surface area (Å²) in [6.45, 7) is 1.55. The van der Waals surface area contributed by atoms with Gasteiger partial charge in [-0.05, 0) is 55.7 Å². The third kappa shape index (κ3) is 4.04. The lowest BCUT2D eigenvalue weighted by molar-refractivity contribution is 0.0724. The SMILES string of the molecule is N#Cc1cccc(NC(=O)c2cccc(C(=O)N3CCCCC3)c2)c1. The van der Waals surface area contributed by atoms with Crippen molar-refractivity contribution in [2.45, 2.75) is 19.3 Å². The van der Waals surface area contributed by atoms with Crippen LogP contribution in [0.15, 0.2) is 48.5 Å². The quantitative estimate of drug-likeness (QED) is 0.935. The molecule has 1 aliphatic rings. The van der Waals surface area contributed by atoms with Crippen molar-refractivity contribution in [3.8, 4) is 6.07 Å². The minimum atomic E-state index is -0.302. The molecule has 126 valence electrons. The van der Waals surface area contributed by atoms with E-state index in [2.05, 4.69) is 5.32 Å². The zero-order valence-corrected chi connectivity index (χ0v) is 13.9. The van der Waals surface area contributed by atoms with Crippen molar-refractivity contribution in [2.75, 3.05) is 18.4 Å². The summed E-state index contributed by atoms with van der Waals surface area (Å²) in [6.07, 6.45) is 3.22. The maximum absolute atomic E-state index is 12.6. The van der Waals surface area contributed by atoms with Crippen LogP contribution in [-0.4, -0.2) is 29.8 Å². The first-order valence-corrected chi connectivity index (χ1v) is 8.38. The molecule has 0 aromatic heterocycles. The van der Waals surface area contributed by atoms with Gasteiger partial charge in [0.05, 0.1) is 11.6 Å². The molecule has 2 aromatic rings. The summed E-state index contributed by atoms with van der Waals surface area (Å²) in [7, 11) is 0. The number of rotatable bonds is 3. The number of nitriles is 1. The fraction of sp³-hybridized carbons (Fsp3) is 0.250. The molecule has 0 bridgehead atoms. The van der Waals surface area contributed by atoms with E-state index in [0.717, 1.165) is 32.4 Å². The lowest BCUT2D eigenvalue weighted by Crippen LogP contribution is -2.35. The first kappa shape index (κ1) is 16.7. The molecule has 0 saturated carbocycles. The predicted octanol–water partition coefficient (Wildman–Crippen LogP) is 3.44. The third-order valence-corrected chi connectivity index (χ3v) is 4.26. The van der Waals surface area contributed by atoms with Gasteiger partial charge in [0.25, 0.3) is 11.8 Å². The number of nitrogens with zero attached hydrogens (tertiary/aromatic N) is 2. The number of benzene rings is 2. The Balaban J connectivity index is 1.75. The number of piperidine rings is 1.